The van der Waals surface area contributed by atoms with Gasteiger partial charge in [0.05, 0.1) is 13.2 Å². The van der Waals surface area contributed by atoms with Crippen LogP contribution in [0.1, 0.15) is 25.7 Å². The van der Waals surface area contributed by atoms with Gasteiger partial charge in [-0.05, 0) is 45.0 Å². The lowest BCUT2D eigenvalue weighted by molar-refractivity contribution is 0.0555. The van der Waals surface area contributed by atoms with Crippen LogP contribution in [0.5, 0.6) is 5.75 Å². The third kappa shape index (κ3) is 6.60. The summed E-state index contributed by atoms with van der Waals surface area (Å²) in [6.45, 7) is 1.04. The lowest BCUT2D eigenvalue weighted by Crippen LogP contribution is -2.33. The molecule has 2 rings (SSSR count). The lowest BCUT2D eigenvalue weighted by atomic mass is 9.86. The topological polar surface area (TPSA) is 32.7 Å². The monoisotopic (exact) mass is 265 g/mol. The largest absolute Gasteiger partial charge is 0.497 e. The smallest absolute Gasteiger partial charge is 0.118 e. The zero-order valence-corrected chi connectivity index (χ0v) is 12.4. The van der Waals surface area contributed by atoms with E-state index in [-0.39, 0.29) is 6.10 Å². The van der Waals surface area contributed by atoms with Gasteiger partial charge in [-0.1, -0.05) is 31.0 Å². The zero-order valence-electron chi connectivity index (χ0n) is 12.4. The predicted octanol–water partition coefficient (Wildman–Crippen LogP) is 2.79. The molecule has 1 N–H and O–H groups in total. The summed E-state index contributed by atoms with van der Waals surface area (Å²) in [6, 6.07) is 9.68. The summed E-state index contributed by atoms with van der Waals surface area (Å²) in [4.78, 5) is 2.17. The van der Waals surface area contributed by atoms with E-state index in [9.17, 15) is 5.11 Å². The van der Waals surface area contributed by atoms with E-state index < -0.39 is 0 Å². The highest BCUT2D eigenvalue weighted by Crippen LogP contribution is 2.24. The highest BCUT2D eigenvalue weighted by molar-refractivity contribution is 5.20. The standard InChI is InChI=1S/C9H19NO.C7H8O/c1-10(2)7-8-5-3-4-6-9(8)11;1-8-7-5-3-2-4-6-7/h8-9,11H,3-7H2,1-2H3;2-6H,1H3/t8-,9?;/m1./s1. The molecule has 0 bridgehead atoms. The number of benzene rings is 1. The Morgan fingerprint density at radius 3 is 2.26 bits per heavy atom. The number of aliphatic hydroxyl groups excluding tert-OH is 1. The van der Waals surface area contributed by atoms with Crippen LogP contribution in [0.25, 0.3) is 0 Å². The van der Waals surface area contributed by atoms with Crippen LogP contribution in [0.2, 0.25) is 0 Å². The van der Waals surface area contributed by atoms with Gasteiger partial charge in [-0.3, -0.25) is 0 Å². The SMILES string of the molecule is CN(C)C[C@H]1CCCCC1O.COc1ccccc1. The second kappa shape index (κ2) is 8.94. The summed E-state index contributed by atoms with van der Waals surface area (Å²) >= 11 is 0. The minimum atomic E-state index is -0.0360. The normalized spacial score (nSPS) is 22.6. The molecule has 108 valence electrons. The van der Waals surface area contributed by atoms with Crippen molar-refractivity contribution in [3.63, 3.8) is 0 Å². The van der Waals surface area contributed by atoms with E-state index in [0.717, 1.165) is 18.7 Å². The first kappa shape index (κ1) is 16.0. The van der Waals surface area contributed by atoms with E-state index in [1.807, 2.05) is 30.3 Å². The van der Waals surface area contributed by atoms with Gasteiger partial charge in [0.2, 0.25) is 0 Å². The van der Waals surface area contributed by atoms with Crippen molar-refractivity contribution >= 4 is 0 Å². The molecule has 0 saturated heterocycles. The van der Waals surface area contributed by atoms with Gasteiger partial charge in [-0.15, -0.1) is 0 Å². The third-order valence-electron chi connectivity index (χ3n) is 3.45. The molecule has 0 spiro atoms. The molecule has 1 fully saturated rings. The first-order valence-electron chi connectivity index (χ1n) is 7.05. The molecule has 1 aliphatic rings. The van der Waals surface area contributed by atoms with E-state index in [1.54, 1.807) is 7.11 Å². The Hall–Kier alpha value is -1.06. The van der Waals surface area contributed by atoms with E-state index in [2.05, 4.69) is 19.0 Å². The van der Waals surface area contributed by atoms with Gasteiger partial charge in [0.15, 0.2) is 0 Å². The molecule has 0 aromatic heterocycles. The van der Waals surface area contributed by atoms with Gasteiger partial charge in [0, 0.05) is 6.54 Å². The van der Waals surface area contributed by atoms with E-state index in [4.69, 9.17) is 4.74 Å². The summed E-state index contributed by atoms with van der Waals surface area (Å²) in [5.74, 6) is 1.44. The van der Waals surface area contributed by atoms with Gasteiger partial charge in [0.25, 0.3) is 0 Å². The summed E-state index contributed by atoms with van der Waals surface area (Å²) in [5, 5.41) is 9.59. The van der Waals surface area contributed by atoms with Crippen molar-refractivity contribution < 1.29 is 9.84 Å². The summed E-state index contributed by atoms with van der Waals surface area (Å²) in [7, 11) is 5.80. The fourth-order valence-electron chi connectivity index (χ4n) is 2.43. The van der Waals surface area contributed by atoms with Crippen LogP contribution < -0.4 is 4.74 Å². The molecule has 0 radical (unpaired) electrons. The zero-order chi connectivity index (χ0) is 14.1. The fourth-order valence-corrected chi connectivity index (χ4v) is 2.43. The Balaban J connectivity index is 0.000000200. The minimum absolute atomic E-state index is 0.0360. The van der Waals surface area contributed by atoms with Crippen LogP contribution in [-0.2, 0) is 0 Å². The highest BCUT2D eigenvalue weighted by atomic mass is 16.5. The number of hydrogen-bond donors (Lipinski definition) is 1. The number of hydrogen-bond acceptors (Lipinski definition) is 3. The molecule has 2 atom stereocenters. The molecule has 3 heteroatoms. The van der Waals surface area contributed by atoms with Crippen molar-refractivity contribution in [2.75, 3.05) is 27.7 Å². The first-order chi connectivity index (χ1) is 9.13. The molecule has 0 amide bonds. The maximum atomic E-state index is 9.59. The summed E-state index contributed by atoms with van der Waals surface area (Å²) in [6.07, 6.45) is 4.70. The highest BCUT2D eigenvalue weighted by Gasteiger charge is 2.22. The fraction of sp³-hybridized carbons (Fsp3) is 0.625. The van der Waals surface area contributed by atoms with Crippen molar-refractivity contribution in [3.8, 4) is 5.75 Å². The molecule has 1 saturated carbocycles. The van der Waals surface area contributed by atoms with E-state index >= 15 is 0 Å². The van der Waals surface area contributed by atoms with Crippen molar-refractivity contribution in [2.24, 2.45) is 5.92 Å². The molecule has 0 heterocycles. The quantitative estimate of drug-likeness (QED) is 0.912. The van der Waals surface area contributed by atoms with Crippen LogP contribution in [0.15, 0.2) is 30.3 Å². The Morgan fingerprint density at radius 2 is 1.79 bits per heavy atom. The van der Waals surface area contributed by atoms with Crippen molar-refractivity contribution in [1.29, 1.82) is 0 Å². The number of aliphatic hydroxyl groups is 1. The van der Waals surface area contributed by atoms with Crippen LogP contribution in [-0.4, -0.2) is 43.9 Å². The van der Waals surface area contributed by atoms with E-state index in [0.29, 0.717) is 5.92 Å². The van der Waals surface area contributed by atoms with Crippen molar-refractivity contribution in [3.05, 3.63) is 30.3 Å². The Bertz CT molecular complexity index is 327. The third-order valence-corrected chi connectivity index (χ3v) is 3.45. The van der Waals surface area contributed by atoms with Gasteiger partial charge < -0.3 is 14.7 Å². The van der Waals surface area contributed by atoms with E-state index in [1.165, 1.54) is 19.3 Å². The summed E-state index contributed by atoms with van der Waals surface area (Å²) < 4.78 is 4.91. The van der Waals surface area contributed by atoms with Gasteiger partial charge >= 0.3 is 0 Å². The summed E-state index contributed by atoms with van der Waals surface area (Å²) in [5.41, 5.74) is 0. The second-order valence-corrected chi connectivity index (χ2v) is 5.39. The average molecular weight is 265 g/mol. The molecule has 19 heavy (non-hydrogen) atoms. The number of ether oxygens (including phenoxy) is 1. The van der Waals surface area contributed by atoms with Gasteiger partial charge in [-0.2, -0.15) is 0 Å². The van der Waals surface area contributed by atoms with Gasteiger partial charge in [-0.25, -0.2) is 0 Å². The van der Waals surface area contributed by atoms with Crippen LogP contribution in [0.4, 0.5) is 0 Å². The van der Waals surface area contributed by atoms with Crippen LogP contribution in [0.3, 0.4) is 0 Å². The molecular weight excluding hydrogens is 238 g/mol. The van der Waals surface area contributed by atoms with Gasteiger partial charge in [0.1, 0.15) is 5.75 Å². The van der Waals surface area contributed by atoms with Crippen LogP contribution >= 0.6 is 0 Å². The molecule has 1 aromatic rings. The van der Waals surface area contributed by atoms with Crippen LogP contribution in [0, 0.1) is 5.92 Å². The molecule has 3 nitrogen and oxygen atoms in total. The maximum absolute atomic E-state index is 9.59. The molecule has 0 aliphatic heterocycles. The second-order valence-electron chi connectivity index (χ2n) is 5.39. The molecule has 1 aliphatic carbocycles. The predicted molar refractivity (Wildman–Crippen MR) is 79.5 cm³/mol. The lowest BCUT2D eigenvalue weighted by Gasteiger charge is -2.29. The minimum Gasteiger partial charge on any atom is -0.497 e. The van der Waals surface area contributed by atoms with Crippen molar-refractivity contribution in [2.45, 2.75) is 31.8 Å². The number of methoxy groups -OCH3 is 1. The maximum Gasteiger partial charge on any atom is 0.118 e. The Morgan fingerprint density at radius 1 is 1.16 bits per heavy atom. The van der Waals surface area contributed by atoms with Crippen molar-refractivity contribution in [1.82, 2.24) is 4.90 Å². The number of rotatable bonds is 3. The molecule has 1 unspecified atom stereocenters. The number of para-hydroxylation sites is 1. The first-order valence-corrected chi connectivity index (χ1v) is 7.05. The number of nitrogens with zero attached hydrogens (tertiary/aromatic N) is 1. The molecular formula is C16H27NO2. The molecule has 1 aromatic carbocycles. The Labute approximate surface area is 117 Å². The average Bonchev–Trinajstić information content (AvgIpc) is 2.43. The Kier molecular flexibility index (Phi) is 7.53.